The molecular formula is C11H16N2O4S. The molecule has 7 heteroatoms. The quantitative estimate of drug-likeness (QED) is 0.630. The van der Waals surface area contributed by atoms with E-state index in [-0.39, 0.29) is 17.5 Å². The van der Waals surface area contributed by atoms with E-state index in [1.54, 1.807) is 18.4 Å². The summed E-state index contributed by atoms with van der Waals surface area (Å²) < 4.78 is 16.1. The Hall–Kier alpha value is -1.63. The largest absolute Gasteiger partial charge is 0.490 e. The number of para-hydroxylation sites is 1. The molecule has 0 saturated carbocycles. The zero-order valence-electron chi connectivity index (χ0n) is 10.5. The highest BCUT2D eigenvalue weighted by molar-refractivity contribution is 7.84. The fourth-order valence-electron chi connectivity index (χ4n) is 1.65. The van der Waals surface area contributed by atoms with Crippen molar-refractivity contribution >= 4 is 22.2 Å². The molecular weight excluding hydrogens is 256 g/mol. The van der Waals surface area contributed by atoms with Gasteiger partial charge in [0.25, 0.3) is 0 Å². The number of benzene rings is 1. The minimum atomic E-state index is -0.957. The second-order valence-electron chi connectivity index (χ2n) is 3.90. The predicted molar refractivity (Wildman–Crippen MR) is 71.7 cm³/mol. The molecule has 1 rings (SSSR count). The number of rotatable bonds is 6. The second kappa shape index (κ2) is 6.34. The summed E-state index contributed by atoms with van der Waals surface area (Å²) in [6, 6.07) is 4.69. The number of hydrogen-bond donors (Lipinski definition) is 1. The van der Waals surface area contributed by atoms with Crippen LogP contribution in [0.1, 0.15) is 6.92 Å². The molecule has 1 N–H and O–H groups in total. The Labute approximate surface area is 108 Å². The molecule has 0 fully saturated rings. The van der Waals surface area contributed by atoms with Crippen molar-refractivity contribution in [1.82, 2.24) is 0 Å². The van der Waals surface area contributed by atoms with Crippen LogP contribution in [0.5, 0.6) is 5.75 Å². The highest BCUT2D eigenvalue weighted by Crippen LogP contribution is 2.34. The van der Waals surface area contributed by atoms with Gasteiger partial charge in [-0.15, -0.1) is 0 Å². The van der Waals surface area contributed by atoms with E-state index in [9.17, 15) is 14.3 Å². The Bertz CT molecular complexity index is 464. The van der Waals surface area contributed by atoms with E-state index < -0.39 is 15.7 Å². The SMILES string of the molecule is COc1cccc(N[C@@H](C)C[S@@](C)=O)c1[N+](=O)[O-]. The Morgan fingerprint density at radius 1 is 1.56 bits per heavy atom. The Balaban J connectivity index is 3.01. The number of ether oxygens (including phenoxy) is 1. The van der Waals surface area contributed by atoms with Crippen molar-refractivity contribution < 1.29 is 13.9 Å². The summed E-state index contributed by atoms with van der Waals surface area (Å²) in [5, 5.41) is 14.0. The Morgan fingerprint density at radius 2 is 2.22 bits per heavy atom. The van der Waals surface area contributed by atoms with Gasteiger partial charge < -0.3 is 10.1 Å². The van der Waals surface area contributed by atoms with E-state index in [1.165, 1.54) is 13.2 Å². The lowest BCUT2D eigenvalue weighted by atomic mass is 10.2. The topological polar surface area (TPSA) is 81.5 Å². The fourth-order valence-corrected chi connectivity index (χ4v) is 2.44. The van der Waals surface area contributed by atoms with Crippen molar-refractivity contribution in [1.29, 1.82) is 0 Å². The summed E-state index contributed by atoms with van der Waals surface area (Å²) in [5.41, 5.74) is 0.269. The Morgan fingerprint density at radius 3 is 2.72 bits per heavy atom. The molecule has 18 heavy (non-hydrogen) atoms. The molecule has 0 aliphatic carbocycles. The first-order valence-electron chi connectivity index (χ1n) is 5.33. The summed E-state index contributed by atoms with van der Waals surface area (Å²) in [4.78, 5) is 10.5. The van der Waals surface area contributed by atoms with Gasteiger partial charge in [0.1, 0.15) is 5.69 Å². The molecule has 6 nitrogen and oxygen atoms in total. The van der Waals surface area contributed by atoms with Crippen LogP contribution in [-0.2, 0) is 10.8 Å². The maximum Gasteiger partial charge on any atom is 0.333 e. The second-order valence-corrected chi connectivity index (χ2v) is 5.38. The maximum atomic E-state index is 11.1. The fraction of sp³-hybridized carbons (Fsp3) is 0.455. The zero-order chi connectivity index (χ0) is 13.7. The number of methoxy groups -OCH3 is 1. The molecule has 0 aliphatic rings. The van der Waals surface area contributed by atoms with E-state index in [2.05, 4.69) is 5.32 Å². The molecule has 0 amide bonds. The predicted octanol–water partition coefficient (Wildman–Crippen LogP) is 1.78. The van der Waals surface area contributed by atoms with Gasteiger partial charge in [0.05, 0.1) is 12.0 Å². The third kappa shape index (κ3) is 3.69. The van der Waals surface area contributed by atoms with Gasteiger partial charge in [-0.25, -0.2) is 0 Å². The van der Waals surface area contributed by atoms with Crippen LogP contribution in [0.4, 0.5) is 11.4 Å². The third-order valence-corrected chi connectivity index (χ3v) is 3.26. The van der Waals surface area contributed by atoms with E-state index >= 15 is 0 Å². The van der Waals surface area contributed by atoms with Crippen LogP contribution < -0.4 is 10.1 Å². The number of nitro groups is 1. The number of nitrogens with one attached hydrogen (secondary N) is 1. The van der Waals surface area contributed by atoms with Crippen molar-refractivity contribution in [3.05, 3.63) is 28.3 Å². The van der Waals surface area contributed by atoms with Crippen LogP contribution in [0.15, 0.2) is 18.2 Å². The average molecular weight is 272 g/mol. The molecule has 0 saturated heterocycles. The van der Waals surface area contributed by atoms with Gasteiger partial charge in [-0.3, -0.25) is 14.3 Å². The molecule has 0 unspecified atom stereocenters. The van der Waals surface area contributed by atoms with Gasteiger partial charge in [-0.05, 0) is 19.1 Å². The minimum absolute atomic E-state index is 0.103. The van der Waals surface area contributed by atoms with Crippen molar-refractivity contribution in [2.75, 3.05) is 24.4 Å². The number of nitro benzene ring substituents is 1. The summed E-state index contributed by atoms with van der Waals surface area (Å²) >= 11 is 0. The van der Waals surface area contributed by atoms with Crippen LogP contribution in [0.3, 0.4) is 0 Å². The van der Waals surface area contributed by atoms with Gasteiger partial charge >= 0.3 is 5.69 Å². The summed E-state index contributed by atoms with van der Waals surface area (Å²) in [6.45, 7) is 1.82. The Kier molecular flexibility index (Phi) is 5.08. The van der Waals surface area contributed by atoms with Gasteiger partial charge in [0.15, 0.2) is 5.75 Å². The van der Waals surface area contributed by atoms with E-state index in [0.29, 0.717) is 11.4 Å². The first-order chi connectivity index (χ1) is 8.45. The maximum absolute atomic E-state index is 11.1. The van der Waals surface area contributed by atoms with Crippen LogP contribution in [0.25, 0.3) is 0 Å². The lowest BCUT2D eigenvalue weighted by Gasteiger charge is -2.14. The summed E-state index contributed by atoms with van der Waals surface area (Å²) in [5.74, 6) is 0.629. The van der Waals surface area contributed by atoms with Crippen molar-refractivity contribution in [3.63, 3.8) is 0 Å². The first kappa shape index (κ1) is 14.4. The van der Waals surface area contributed by atoms with E-state index in [0.717, 1.165) is 0 Å². The highest BCUT2D eigenvalue weighted by Gasteiger charge is 2.21. The lowest BCUT2D eigenvalue weighted by molar-refractivity contribution is -0.384. The average Bonchev–Trinajstić information content (AvgIpc) is 2.26. The molecule has 2 atom stereocenters. The molecule has 100 valence electrons. The summed E-state index contributed by atoms with van der Waals surface area (Å²) in [6.07, 6.45) is 1.60. The minimum Gasteiger partial charge on any atom is -0.490 e. The van der Waals surface area contributed by atoms with Gasteiger partial charge in [0.2, 0.25) is 0 Å². The number of nitrogens with zero attached hydrogens (tertiary/aromatic N) is 1. The van der Waals surface area contributed by atoms with Crippen LogP contribution in [0, 0.1) is 10.1 Å². The van der Waals surface area contributed by atoms with Crippen molar-refractivity contribution in [2.45, 2.75) is 13.0 Å². The van der Waals surface area contributed by atoms with Crippen LogP contribution in [-0.4, -0.2) is 34.3 Å². The van der Waals surface area contributed by atoms with E-state index in [4.69, 9.17) is 4.74 Å². The molecule has 0 aromatic heterocycles. The van der Waals surface area contributed by atoms with Gasteiger partial charge in [0, 0.05) is 28.9 Å². The normalized spacial score (nSPS) is 13.7. The van der Waals surface area contributed by atoms with Gasteiger partial charge in [-0.1, -0.05) is 6.07 Å². The van der Waals surface area contributed by atoms with Crippen molar-refractivity contribution in [2.24, 2.45) is 0 Å². The summed E-state index contributed by atoms with van der Waals surface area (Å²) in [7, 11) is 0.428. The molecule has 0 spiro atoms. The number of hydrogen-bond acceptors (Lipinski definition) is 5. The molecule has 1 aromatic carbocycles. The highest BCUT2D eigenvalue weighted by atomic mass is 32.2. The molecule has 0 radical (unpaired) electrons. The number of anilines is 1. The van der Waals surface area contributed by atoms with Crippen LogP contribution in [0.2, 0.25) is 0 Å². The monoisotopic (exact) mass is 272 g/mol. The molecule has 0 heterocycles. The molecule has 1 aromatic rings. The standard InChI is InChI=1S/C11H16N2O4S/c1-8(7-18(3)16)12-9-5-4-6-10(17-2)11(9)13(14)15/h4-6,8,12H,7H2,1-3H3/t8-,18+/m0/s1. The van der Waals surface area contributed by atoms with Crippen molar-refractivity contribution in [3.8, 4) is 5.75 Å². The van der Waals surface area contributed by atoms with Gasteiger partial charge in [-0.2, -0.15) is 0 Å². The lowest BCUT2D eigenvalue weighted by Crippen LogP contribution is -2.22. The zero-order valence-corrected chi connectivity index (χ0v) is 11.3. The van der Waals surface area contributed by atoms with E-state index in [1.807, 2.05) is 6.92 Å². The first-order valence-corrected chi connectivity index (χ1v) is 7.06. The molecule has 0 aliphatic heterocycles. The van der Waals surface area contributed by atoms with Crippen LogP contribution >= 0.6 is 0 Å². The third-order valence-electron chi connectivity index (χ3n) is 2.29. The molecule has 0 bridgehead atoms. The smallest absolute Gasteiger partial charge is 0.333 e.